The van der Waals surface area contributed by atoms with Crippen LogP contribution in [0.15, 0.2) is 48.8 Å². The molecule has 132 valence electrons. The number of ether oxygens (including phenoxy) is 2. The number of nitrogens with two attached hydrogens (primary N) is 1. The number of nitrogens with one attached hydrogen (secondary N) is 2. The molecular formula is C18H16FN5O2. The maximum Gasteiger partial charge on any atom is 0.163 e. The van der Waals surface area contributed by atoms with Gasteiger partial charge in [-0.2, -0.15) is 0 Å². The summed E-state index contributed by atoms with van der Waals surface area (Å²) in [6.45, 7) is 1.03. The van der Waals surface area contributed by atoms with Crippen molar-refractivity contribution in [3.05, 3.63) is 54.6 Å². The van der Waals surface area contributed by atoms with Crippen LogP contribution in [0.3, 0.4) is 0 Å². The van der Waals surface area contributed by atoms with Crippen LogP contribution in [0.2, 0.25) is 0 Å². The van der Waals surface area contributed by atoms with E-state index in [0.717, 1.165) is 5.69 Å². The number of nitrogen functional groups attached to an aromatic ring is 1. The molecule has 1 aliphatic heterocycles. The Balaban J connectivity index is 1.59. The van der Waals surface area contributed by atoms with E-state index in [-0.39, 0.29) is 11.4 Å². The fraction of sp³-hybridized carbons (Fsp3) is 0.111. The van der Waals surface area contributed by atoms with Crippen LogP contribution >= 0.6 is 0 Å². The van der Waals surface area contributed by atoms with E-state index >= 15 is 0 Å². The molecule has 2 aromatic carbocycles. The average Bonchev–Trinajstić information content (AvgIpc) is 2.66. The van der Waals surface area contributed by atoms with Gasteiger partial charge in [0, 0.05) is 11.8 Å². The minimum Gasteiger partial charge on any atom is -0.486 e. The summed E-state index contributed by atoms with van der Waals surface area (Å²) in [5.74, 6) is 1.66. The molecule has 0 saturated carbocycles. The van der Waals surface area contributed by atoms with Crippen molar-refractivity contribution in [3.8, 4) is 11.5 Å². The van der Waals surface area contributed by atoms with Gasteiger partial charge in [0.15, 0.2) is 23.1 Å². The Morgan fingerprint density at radius 1 is 0.923 bits per heavy atom. The molecule has 26 heavy (non-hydrogen) atoms. The predicted molar refractivity (Wildman–Crippen MR) is 96.8 cm³/mol. The van der Waals surface area contributed by atoms with Gasteiger partial charge in [-0.1, -0.05) is 12.1 Å². The van der Waals surface area contributed by atoms with Gasteiger partial charge in [-0.05, 0) is 24.3 Å². The van der Waals surface area contributed by atoms with Crippen molar-refractivity contribution >= 4 is 28.7 Å². The van der Waals surface area contributed by atoms with Crippen molar-refractivity contribution in [2.45, 2.75) is 0 Å². The molecule has 7 nitrogen and oxygen atoms in total. The number of rotatable bonds is 4. The van der Waals surface area contributed by atoms with Crippen LogP contribution in [0.5, 0.6) is 11.5 Å². The molecule has 0 atom stereocenters. The maximum absolute atomic E-state index is 13.8. The summed E-state index contributed by atoms with van der Waals surface area (Å²) in [5, 5.41) is 6.00. The van der Waals surface area contributed by atoms with Crippen molar-refractivity contribution in [1.82, 2.24) is 9.97 Å². The van der Waals surface area contributed by atoms with Gasteiger partial charge in [0.25, 0.3) is 0 Å². The van der Waals surface area contributed by atoms with Crippen LogP contribution in [0.25, 0.3) is 0 Å². The predicted octanol–water partition coefficient (Wildman–Crippen LogP) is 3.46. The van der Waals surface area contributed by atoms with Gasteiger partial charge < -0.3 is 25.8 Å². The van der Waals surface area contributed by atoms with E-state index in [0.29, 0.717) is 36.3 Å². The highest BCUT2D eigenvalue weighted by atomic mass is 19.1. The lowest BCUT2D eigenvalue weighted by Crippen LogP contribution is -2.15. The first-order valence-electron chi connectivity index (χ1n) is 7.99. The second kappa shape index (κ2) is 6.75. The lowest BCUT2D eigenvalue weighted by molar-refractivity contribution is 0.171. The molecule has 0 spiro atoms. The Morgan fingerprint density at radius 3 is 2.46 bits per heavy atom. The Kier molecular flexibility index (Phi) is 4.14. The van der Waals surface area contributed by atoms with Gasteiger partial charge in [0.2, 0.25) is 0 Å². The van der Waals surface area contributed by atoms with E-state index in [2.05, 4.69) is 20.6 Å². The number of fused-ring (bicyclic) bond motifs is 1. The largest absolute Gasteiger partial charge is 0.486 e. The molecule has 4 rings (SSSR count). The molecule has 8 heteroatoms. The minimum absolute atomic E-state index is 0.269. The molecule has 4 N–H and O–H groups in total. The number of hydrogen-bond acceptors (Lipinski definition) is 7. The first-order chi connectivity index (χ1) is 12.7. The number of benzene rings is 2. The number of hydrogen-bond donors (Lipinski definition) is 3. The van der Waals surface area contributed by atoms with Crippen LogP contribution in [-0.4, -0.2) is 23.2 Å². The summed E-state index contributed by atoms with van der Waals surface area (Å²) in [4.78, 5) is 8.25. The minimum atomic E-state index is -0.396. The second-order valence-electron chi connectivity index (χ2n) is 5.57. The van der Waals surface area contributed by atoms with Crippen LogP contribution in [0, 0.1) is 5.82 Å². The molecule has 0 saturated heterocycles. The molecule has 3 aromatic rings. The summed E-state index contributed by atoms with van der Waals surface area (Å²) >= 11 is 0. The number of para-hydroxylation sites is 1. The third-order valence-corrected chi connectivity index (χ3v) is 3.82. The molecule has 0 fully saturated rings. The molecule has 0 amide bonds. The topological polar surface area (TPSA) is 94.3 Å². The first kappa shape index (κ1) is 15.9. The highest BCUT2D eigenvalue weighted by molar-refractivity contribution is 5.80. The molecule has 1 aliphatic rings. The van der Waals surface area contributed by atoms with E-state index in [1.807, 2.05) is 12.1 Å². The zero-order valence-electron chi connectivity index (χ0n) is 13.7. The summed E-state index contributed by atoms with van der Waals surface area (Å²) in [6.07, 6.45) is 1.35. The third-order valence-electron chi connectivity index (χ3n) is 3.82. The second-order valence-corrected chi connectivity index (χ2v) is 5.57. The zero-order valence-corrected chi connectivity index (χ0v) is 13.7. The summed E-state index contributed by atoms with van der Waals surface area (Å²) in [5.41, 5.74) is 7.42. The van der Waals surface area contributed by atoms with Crippen LogP contribution in [0.1, 0.15) is 0 Å². The van der Waals surface area contributed by atoms with E-state index in [1.54, 1.807) is 24.3 Å². The maximum atomic E-state index is 13.8. The van der Waals surface area contributed by atoms with Crippen molar-refractivity contribution in [3.63, 3.8) is 0 Å². The highest BCUT2D eigenvalue weighted by Crippen LogP contribution is 2.35. The number of nitrogens with zero attached hydrogens (tertiary/aromatic N) is 2. The number of halogens is 1. The highest BCUT2D eigenvalue weighted by Gasteiger charge is 2.14. The quantitative estimate of drug-likeness (QED) is 0.661. The van der Waals surface area contributed by atoms with Crippen molar-refractivity contribution in [2.75, 3.05) is 29.6 Å². The Labute approximate surface area is 149 Å². The normalized spacial score (nSPS) is 12.5. The Morgan fingerprint density at radius 2 is 1.65 bits per heavy atom. The molecule has 1 aromatic heterocycles. The molecule has 2 heterocycles. The van der Waals surface area contributed by atoms with Gasteiger partial charge in [-0.15, -0.1) is 0 Å². The first-order valence-corrected chi connectivity index (χ1v) is 7.99. The molecule has 0 bridgehead atoms. The van der Waals surface area contributed by atoms with Gasteiger partial charge >= 0.3 is 0 Å². The Bertz CT molecular complexity index is 951. The summed E-state index contributed by atoms with van der Waals surface area (Å²) < 4.78 is 24.9. The number of anilines is 5. The lowest BCUT2D eigenvalue weighted by Gasteiger charge is -2.19. The van der Waals surface area contributed by atoms with Crippen LogP contribution in [0.4, 0.5) is 33.1 Å². The van der Waals surface area contributed by atoms with Gasteiger partial charge in [0.05, 0.1) is 5.69 Å². The fourth-order valence-electron chi connectivity index (χ4n) is 2.54. The zero-order chi connectivity index (χ0) is 17.9. The third kappa shape index (κ3) is 3.16. The standard InChI is InChI=1S/C18H16FN5O2/c19-12-3-1-2-4-13(12)24-18-16(20)17(21-10-22-18)23-11-5-6-14-15(9-11)26-8-7-25-14/h1-6,9-10H,7-8,20H2,(H2,21,22,23,24). The van der Waals surface area contributed by atoms with E-state index in [1.165, 1.54) is 12.4 Å². The van der Waals surface area contributed by atoms with E-state index in [4.69, 9.17) is 15.2 Å². The fourth-order valence-corrected chi connectivity index (χ4v) is 2.54. The summed E-state index contributed by atoms with van der Waals surface area (Å²) in [6, 6.07) is 11.7. The summed E-state index contributed by atoms with van der Waals surface area (Å²) in [7, 11) is 0. The molecule has 0 radical (unpaired) electrons. The molecule has 0 unspecified atom stereocenters. The van der Waals surface area contributed by atoms with Crippen molar-refractivity contribution in [2.24, 2.45) is 0 Å². The van der Waals surface area contributed by atoms with E-state index < -0.39 is 5.82 Å². The van der Waals surface area contributed by atoms with Crippen LogP contribution < -0.4 is 25.8 Å². The SMILES string of the molecule is Nc1c(Nc2ccc3c(c2)OCCO3)ncnc1Nc1ccccc1F. The van der Waals surface area contributed by atoms with Crippen molar-refractivity contribution in [1.29, 1.82) is 0 Å². The number of aromatic nitrogens is 2. The lowest BCUT2D eigenvalue weighted by atomic mass is 10.2. The van der Waals surface area contributed by atoms with Gasteiger partial charge in [-0.25, -0.2) is 14.4 Å². The Hall–Kier alpha value is -3.55. The monoisotopic (exact) mass is 353 g/mol. The van der Waals surface area contributed by atoms with E-state index in [9.17, 15) is 4.39 Å². The smallest absolute Gasteiger partial charge is 0.163 e. The van der Waals surface area contributed by atoms with Crippen LogP contribution in [-0.2, 0) is 0 Å². The average molecular weight is 353 g/mol. The van der Waals surface area contributed by atoms with Gasteiger partial charge in [0.1, 0.15) is 31.0 Å². The van der Waals surface area contributed by atoms with Gasteiger partial charge in [-0.3, -0.25) is 0 Å². The molecular weight excluding hydrogens is 337 g/mol. The molecule has 0 aliphatic carbocycles. The van der Waals surface area contributed by atoms with Crippen molar-refractivity contribution < 1.29 is 13.9 Å².